The average molecular weight is 424 g/mol. The predicted molar refractivity (Wildman–Crippen MR) is 124 cm³/mol. The van der Waals surface area contributed by atoms with Crippen molar-refractivity contribution in [1.82, 2.24) is 10.2 Å². The Morgan fingerprint density at radius 1 is 1.06 bits per heavy atom. The first-order chi connectivity index (χ1) is 14.9. The highest BCUT2D eigenvalue weighted by molar-refractivity contribution is 5.89. The number of nitrogens with one attached hydrogen (secondary N) is 2. The van der Waals surface area contributed by atoms with Crippen LogP contribution in [-0.4, -0.2) is 43.1 Å². The van der Waals surface area contributed by atoms with Crippen LogP contribution in [0.4, 0.5) is 10.5 Å². The molecule has 31 heavy (non-hydrogen) atoms. The number of piperidine rings is 1. The van der Waals surface area contributed by atoms with Crippen molar-refractivity contribution in [3.8, 4) is 5.75 Å². The molecule has 1 atom stereocenters. The van der Waals surface area contributed by atoms with Crippen molar-refractivity contribution in [2.45, 2.75) is 40.0 Å². The highest BCUT2D eigenvalue weighted by Gasteiger charge is 2.24. The molecule has 0 spiro atoms. The van der Waals surface area contributed by atoms with E-state index in [-0.39, 0.29) is 17.9 Å². The van der Waals surface area contributed by atoms with Crippen LogP contribution in [0, 0.1) is 26.7 Å². The number of anilines is 1. The number of likely N-dealkylation sites (tertiary alicyclic amines) is 1. The number of rotatable bonds is 7. The van der Waals surface area contributed by atoms with Crippen molar-refractivity contribution in [3.63, 3.8) is 0 Å². The van der Waals surface area contributed by atoms with Gasteiger partial charge in [0, 0.05) is 25.3 Å². The van der Waals surface area contributed by atoms with Gasteiger partial charge in [-0.3, -0.25) is 4.79 Å². The van der Waals surface area contributed by atoms with E-state index in [2.05, 4.69) is 16.7 Å². The van der Waals surface area contributed by atoms with Crippen LogP contribution >= 0.6 is 0 Å². The van der Waals surface area contributed by atoms with Gasteiger partial charge < -0.3 is 20.3 Å². The minimum atomic E-state index is -0.214. The lowest BCUT2D eigenvalue weighted by Crippen LogP contribution is -2.44. The minimum Gasteiger partial charge on any atom is -0.493 e. The second kappa shape index (κ2) is 10.8. The van der Waals surface area contributed by atoms with Gasteiger partial charge in [-0.2, -0.15) is 0 Å². The van der Waals surface area contributed by atoms with Crippen molar-refractivity contribution in [2.75, 3.05) is 31.6 Å². The molecular weight excluding hydrogens is 390 g/mol. The highest BCUT2D eigenvalue weighted by Crippen LogP contribution is 2.20. The molecule has 2 N–H and O–H groups in total. The summed E-state index contributed by atoms with van der Waals surface area (Å²) in [4.78, 5) is 26.7. The fraction of sp³-hybridized carbons (Fsp3) is 0.440. The van der Waals surface area contributed by atoms with Gasteiger partial charge in [0.15, 0.2) is 0 Å². The molecule has 0 bridgehead atoms. The van der Waals surface area contributed by atoms with Gasteiger partial charge in [-0.05, 0) is 63.3 Å². The molecular formula is C25H33N3O3. The zero-order valence-corrected chi connectivity index (χ0v) is 18.7. The Kier molecular flexibility index (Phi) is 7.93. The number of hydrogen-bond acceptors (Lipinski definition) is 3. The van der Waals surface area contributed by atoms with Crippen LogP contribution in [0.15, 0.2) is 42.5 Å². The molecule has 1 saturated heterocycles. The van der Waals surface area contributed by atoms with Crippen molar-refractivity contribution in [2.24, 2.45) is 5.92 Å². The quantitative estimate of drug-likeness (QED) is 0.692. The van der Waals surface area contributed by atoms with Crippen molar-refractivity contribution >= 4 is 17.6 Å². The molecule has 0 aromatic heterocycles. The van der Waals surface area contributed by atoms with E-state index in [1.165, 1.54) is 5.56 Å². The molecule has 3 amide bonds. The molecule has 1 heterocycles. The summed E-state index contributed by atoms with van der Waals surface area (Å²) < 4.78 is 5.81. The third-order valence-electron chi connectivity index (χ3n) is 5.64. The molecule has 6 heteroatoms. The first-order valence-electron chi connectivity index (χ1n) is 11.0. The van der Waals surface area contributed by atoms with Crippen LogP contribution in [-0.2, 0) is 4.79 Å². The van der Waals surface area contributed by atoms with E-state index < -0.39 is 0 Å². The normalized spacial score (nSPS) is 16.0. The van der Waals surface area contributed by atoms with E-state index in [9.17, 15) is 9.59 Å². The number of nitrogens with zero attached hydrogens (tertiary/aromatic N) is 1. The number of aryl methyl sites for hydroxylation is 3. The first kappa shape index (κ1) is 22.7. The smallest absolute Gasteiger partial charge is 0.319 e. The Morgan fingerprint density at radius 3 is 2.55 bits per heavy atom. The second-order valence-electron chi connectivity index (χ2n) is 8.42. The molecule has 0 radical (unpaired) electrons. The van der Waals surface area contributed by atoms with Gasteiger partial charge in [0.05, 0.1) is 13.0 Å². The number of benzene rings is 2. The topological polar surface area (TPSA) is 70.7 Å². The molecule has 1 aliphatic heterocycles. The van der Waals surface area contributed by atoms with E-state index >= 15 is 0 Å². The molecule has 0 aliphatic carbocycles. The number of hydrogen-bond donors (Lipinski definition) is 2. The number of ether oxygens (including phenoxy) is 1. The summed E-state index contributed by atoms with van der Waals surface area (Å²) in [5, 5.41) is 5.78. The Hall–Kier alpha value is -3.02. The molecule has 0 saturated carbocycles. The average Bonchev–Trinajstić information content (AvgIpc) is 2.75. The molecule has 3 rings (SSSR count). The van der Waals surface area contributed by atoms with Gasteiger partial charge in [0.25, 0.3) is 0 Å². The Labute approximate surface area is 185 Å². The van der Waals surface area contributed by atoms with Gasteiger partial charge in [-0.25, -0.2) is 4.79 Å². The number of urea groups is 1. The summed E-state index contributed by atoms with van der Waals surface area (Å²) in [5.41, 5.74) is 4.20. The summed E-state index contributed by atoms with van der Waals surface area (Å²) >= 11 is 0. The van der Waals surface area contributed by atoms with E-state index in [1.807, 2.05) is 62.1 Å². The van der Waals surface area contributed by atoms with Crippen LogP contribution in [0.2, 0.25) is 0 Å². The van der Waals surface area contributed by atoms with E-state index in [1.54, 1.807) is 0 Å². The fourth-order valence-corrected chi connectivity index (χ4v) is 3.88. The summed E-state index contributed by atoms with van der Waals surface area (Å²) in [6, 6.07) is 13.5. The van der Waals surface area contributed by atoms with Crippen LogP contribution in [0.5, 0.6) is 5.75 Å². The molecule has 2 aromatic rings. The lowest BCUT2D eigenvalue weighted by atomic mass is 9.98. The Balaban J connectivity index is 1.39. The summed E-state index contributed by atoms with van der Waals surface area (Å²) in [5.74, 6) is 1.21. The molecule has 1 unspecified atom stereocenters. The third kappa shape index (κ3) is 7.02. The summed E-state index contributed by atoms with van der Waals surface area (Å²) in [7, 11) is 0. The third-order valence-corrected chi connectivity index (χ3v) is 5.64. The van der Waals surface area contributed by atoms with Crippen LogP contribution in [0.3, 0.4) is 0 Å². The van der Waals surface area contributed by atoms with Gasteiger partial charge in [0.2, 0.25) is 5.91 Å². The van der Waals surface area contributed by atoms with Gasteiger partial charge >= 0.3 is 6.03 Å². The molecule has 1 fully saturated rings. The number of carbonyl (C=O) groups is 2. The maximum Gasteiger partial charge on any atom is 0.319 e. The van der Waals surface area contributed by atoms with Crippen molar-refractivity contribution < 1.29 is 14.3 Å². The van der Waals surface area contributed by atoms with E-state index in [4.69, 9.17) is 4.74 Å². The van der Waals surface area contributed by atoms with Crippen molar-refractivity contribution in [1.29, 1.82) is 0 Å². The minimum absolute atomic E-state index is 0.110. The highest BCUT2D eigenvalue weighted by atomic mass is 16.5. The largest absolute Gasteiger partial charge is 0.493 e. The van der Waals surface area contributed by atoms with Crippen molar-refractivity contribution in [3.05, 3.63) is 59.2 Å². The van der Waals surface area contributed by atoms with Crippen LogP contribution in [0.1, 0.15) is 36.0 Å². The summed E-state index contributed by atoms with van der Waals surface area (Å²) in [6.07, 6.45) is 2.32. The van der Waals surface area contributed by atoms with Crippen LogP contribution in [0.25, 0.3) is 0 Å². The van der Waals surface area contributed by atoms with Gasteiger partial charge in [-0.15, -0.1) is 0 Å². The van der Waals surface area contributed by atoms with E-state index in [0.717, 1.165) is 42.0 Å². The monoisotopic (exact) mass is 423 g/mol. The zero-order chi connectivity index (χ0) is 22.2. The number of carbonyl (C=O) groups excluding carboxylic acids is 2. The number of amides is 3. The molecule has 6 nitrogen and oxygen atoms in total. The Morgan fingerprint density at radius 2 is 1.81 bits per heavy atom. The second-order valence-corrected chi connectivity index (χ2v) is 8.42. The predicted octanol–water partition coefficient (Wildman–Crippen LogP) is 4.44. The molecule has 2 aromatic carbocycles. The Bertz CT molecular complexity index is 895. The maximum absolute atomic E-state index is 12.6. The standard InChI is InChI=1S/C25H33N3O3/c1-18-6-9-22(10-7-18)27-25(30)26-16-21-5-4-13-28(17-21)24(29)12-14-31-23-11-8-19(2)15-20(23)3/h6-11,15,21H,4-5,12-14,16-17H2,1-3H3,(H2,26,27,30). The lowest BCUT2D eigenvalue weighted by Gasteiger charge is -2.33. The lowest BCUT2D eigenvalue weighted by molar-refractivity contribution is -0.133. The zero-order valence-electron chi connectivity index (χ0n) is 18.7. The SMILES string of the molecule is Cc1ccc(NC(=O)NCC2CCCN(C(=O)CCOc3ccc(C)cc3C)C2)cc1. The van der Waals surface area contributed by atoms with Gasteiger partial charge in [-0.1, -0.05) is 35.4 Å². The fourth-order valence-electron chi connectivity index (χ4n) is 3.88. The van der Waals surface area contributed by atoms with Gasteiger partial charge in [0.1, 0.15) is 5.75 Å². The molecule has 166 valence electrons. The van der Waals surface area contributed by atoms with Crippen LogP contribution < -0.4 is 15.4 Å². The first-order valence-corrected chi connectivity index (χ1v) is 11.0. The maximum atomic E-state index is 12.6. The molecule has 1 aliphatic rings. The summed E-state index contributed by atoms with van der Waals surface area (Å²) in [6.45, 7) is 8.45. The van der Waals surface area contributed by atoms with E-state index in [0.29, 0.717) is 26.1 Å².